The van der Waals surface area contributed by atoms with Gasteiger partial charge in [-0.15, -0.1) is 0 Å². The molecule has 0 radical (unpaired) electrons. The van der Waals surface area contributed by atoms with E-state index in [9.17, 15) is 10.1 Å². The van der Waals surface area contributed by atoms with Crippen LogP contribution in [0.3, 0.4) is 0 Å². The summed E-state index contributed by atoms with van der Waals surface area (Å²) in [6, 6.07) is 6.00. The number of nitrogens with one attached hydrogen (secondary N) is 1. The summed E-state index contributed by atoms with van der Waals surface area (Å²) in [5.74, 6) is 0. The Hall–Kier alpha value is -1.66. The number of nitro groups is 1. The van der Waals surface area contributed by atoms with E-state index in [0.717, 1.165) is 50.5 Å². The lowest BCUT2D eigenvalue weighted by molar-refractivity contribution is -0.384. The topological polar surface area (TPSA) is 61.7 Å². The standard InChI is InChI=1S/C15H22N4O2/c1-12-2-3-14(19(20)21)15(10-12)18-8-6-17(7-9-18)13-4-5-16-11-13/h2-3,10,13,16H,4-9,11H2,1H3. The highest BCUT2D eigenvalue weighted by Gasteiger charge is 2.28. The van der Waals surface area contributed by atoms with Gasteiger partial charge in [0.2, 0.25) is 0 Å². The molecule has 1 aromatic carbocycles. The predicted molar refractivity (Wildman–Crippen MR) is 82.9 cm³/mol. The van der Waals surface area contributed by atoms with Crippen LogP contribution in [-0.4, -0.2) is 55.1 Å². The van der Waals surface area contributed by atoms with Crippen molar-refractivity contribution in [2.45, 2.75) is 19.4 Å². The number of aryl methyl sites for hydroxylation is 1. The molecule has 0 bridgehead atoms. The Morgan fingerprint density at radius 2 is 2.05 bits per heavy atom. The summed E-state index contributed by atoms with van der Waals surface area (Å²) in [4.78, 5) is 15.6. The number of nitro benzene ring substituents is 1. The van der Waals surface area contributed by atoms with Crippen molar-refractivity contribution in [3.63, 3.8) is 0 Å². The molecule has 2 saturated heterocycles. The first-order valence-corrected chi connectivity index (χ1v) is 7.60. The van der Waals surface area contributed by atoms with Gasteiger partial charge in [-0.25, -0.2) is 0 Å². The van der Waals surface area contributed by atoms with Crippen molar-refractivity contribution in [2.24, 2.45) is 0 Å². The van der Waals surface area contributed by atoms with E-state index in [0.29, 0.717) is 6.04 Å². The van der Waals surface area contributed by atoms with Gasteiger partial charge in [-0.3, -0.25) is 15.0 Å². The van der Waals surface area contributed by atoms with Gasteiger partial charge in [-0.1, -0.05) is 6.07 Å². The quantitative estimate of drug-likeness (QED) is 0.673. The van der Waals surface area contributed by atoms with Crippen molar-refractivity contribution in [3.8, 4) is 0 Å². The summed E-state index contributed by atoms with van der Waals surface area (Å²) in [6.07, 6.45) is 1.21. The molecule has 0 amide bonds. The minimum atomic E-state index is -0.276. The van der Waals surface area contributed by atoms with Gasteiger partial charge < -0.3 is 10.2 Å². The number of rotatable bonds is 3. The minimum Gasteiger partial charge on any atom is -0.363 e. The third-order valence-corrected chi connectivity index (χ3v) is 4.53. The molecule has 6 heteroatoms. The molecule has 21 heavy (non-hydrogen) atoms. The Labute approximate surface area is 124 Å². The highest BCUT2D eigenvalue weighted by atomic mass is 16.6. The van der Waals surface area contributed by atoms with Gasteiger partial charge in [-0.05, 0) is 31.5 Å². The van der Waals surface area contributed by atoms with Gasteiger partial charge in [-0.2, -0.15) is 0 Å². The maximum Gasteiger partial charge on any atom is 0.292 e. The molecule has 0 spiro atoms. The molecule has 1 atom stereocenters. The van der Waals surface area contributed by atoms with Crippen molar-refractivity contribution in [1.82, 2.24) is 10.2 Å². The lowest BCUT2D eigenvalue weighted by Gasteiger charge is -2.38. The lowest BCUT2D eigenvalue weighted by atomic mass is 10.1. The number of piperazine rings is 1. The van der Waals surface area contributed by atoms with Crippen LogP contribution < -0.4 is 10.2 Å². The number of benzene rings is 1. The second-order valence-corrected chi connectivity index (χ2v) is 5.92. The van der Waals surface area contributed by atoms with Gasteiger partial charge in [0.15, 0.2) is 0 Å². The monoisotopic (exact) mass is 290 g/mol. The van der Waals surface area contributed by atoms with Crippen LogP contribution in [0.15, 0.2) is 18.2 Å². The number of hydrogen-bond acceptors (Lipinski definition) is 5. The van der Waals surface area contributed by atoms with Gasteiger partial charge in [0.05, 0.1) is 4.92 Å². The van der Waals surface area contributed by atoms with Crippen molar-refractivity contribution in [3.05, 3.63) is 33.9 Å². The molecular weight excluding hydrogens is 268 g/mol. The fourth-order valence-electron chi connectivity index (χ4n) is 3.32. The van der Waals surface area contributed by atoms with E-state index >= 15 is 0 Å². The zero-order valence-corrected chi connectivity index (χ0v) is 12.4. The van der Waals surface area contributed by atoms with Crippen LogP contribution in [0.2, 0.25) is 0 Å². The van der Waals surface area contributed by atoms with Gasteiger partial charge in [0.25, 0.3) is 5.69 Å². The van der Waals surface area contributed by atoms with Crippen LogP contribution in [0.1, 0.15) is 12.0 Å². The summed E-state index contributed by atoms with van der Waals surface area (Å²) < 4.78 is 0. The summed E-state index contributed by atoms with van der Waals surface area (Å²) in [6.45, 7) is 7.85. The molecule has 6 nitrogen and oxygen atoms in total. The Balaban J connectivity index is 1.71. The highest BCUT2D eigenvalue weighted by Crippen LogP contribution is 2.30. The Morgan fingerprint density at radius 3 is 2.67 bits per heavy atom. The first-order valence-electron chi connectivity index (χ1n) is 7.60. The van der Waals surface area contributed by atoms with Gasteiger partial charge >= 0.3 is 0 Å². The van der Waals surface area contributed by atoms with Crippen molar-refractivity contribution < 1.29 is 4.92 Å². The number of hydrogen-bond donors (Lipinski definition) is 1. The Kier molecular flexibility index (Phi) is 4.07. The zero-order chi connectivity index (χ0) is 14.8. The summed E-state index contributed by atoms with van der Waals surface area (Å²) >= 11 is 0. The van der Waals surface area contributed by atoms with Crippen molar-refractivity contribution >= 4 is 11.4 Å². The van der Waals surface area contributed by atoms with E-state index in [4.69, 9.17) is 0 Å². The molecule has 0 aliphatic carbocycles. The van der Waals surface area contributed by atoms with Gasteiger partial charge in [0, 0.05) is 44.8 Å². The average Bonchev–Trinajstić information content (AvgIpc) is 3.01. The molecule has 2 fully saturated rings. The smallest absolute Gasteiger partial charge is 0.292 e. The van der Waals surface area contributed by atoms with E-state index in [1.165, 1.54) is 6.42 Å². The maximum absolute atomic E-state index is 11.2. The van der Waals surface area contributed by atoms with E-state index in [1.807, 2.05) is 19.1 Å². The molecule has 2 aliphatic rings. The number of nitrogens with zero attached hydrogens (tertiary/aromatic N) is 3. The maximum atomic E-state index is 11.2. The van der Waals surface area contributed by atoms with Crippen LogP contribution in [0, 0.1) is 17.0 Å². The third kappa shape index (κ3) is 3.01. The van der Waals surface area contributed by atoms with Crippen molar-refractivity contribution in [1.29, 1.82) is 0 Å². The molecule has 114 valence electrons. The molecule has 1 N–H and O–H groups in total. The molecule has 0 aromatic heterocycles. The van der Waals surface area contributed by atoms with Crippen LogP contribution in [0.5, 0.6) is 0 Å². The second-order valence-electron chi connectivity index (χ2n) is 5.92. The second kappa shape index (κ2) is 5.99. The average molecular weight is 290 g/mol. The highest BCUT2D eigenvalue weighted by molar-refractivity contribution is 5.64. The van der Waals surface area contributed by atoms with Gasteiger partial charge in [0.1, 0.15) is 5.69 Å². The lowest BCUT2D eigenvalue weighted by Crippen LogP contribution is -2.51. The predicted octanol–water partition coefficient (Wildman–Crippen LogP) is 1.39. The van der Waals surface area contributed by atoms with E-state index in [-0.39, 0.29) is 10.6 Å². The fraction of sp³-hybridized carbons (Fsp3) is 0.600. The van der Waals surface area contributed by atoms with Crippen LogP contribution >= 0.6 is 0 Å². The normalized spacial score (nSPS) is 23.5. The largest absolute Gasteiger partial charge is 0.363 e. The molecule has 0 saturated carbocycles. The van der Waals surface area contributed by atoms with E-state index < -0.39 is 0 Å². The Morgan fingerprint density at radius 1 is 1.29 bits per heavy atom. The first kappa shape index (κ1) is 14.3. The SMILES string of the molecule is Cc1ccc([N+](=O)[O-])c(N2CCN(C3CCNC3)CC2)c1. The third-order valence-electron chi connectivity index (χ3n) is 4.53. The summed E-state index contributed by atoms with van der Waals surface area (Å²) in [5.41, 5.74) is 2.05. The zero-order valence-electron chi connectivity index (χ0n) is 12.4. The van der Waals surface area contributed by atoms with Crippen LogP contribution in [0.4, 0.5) is 11.4 Å². The fourth-order valence-corrected chi connectivity index (χ4v) is 3.32. The summed E-state index contributed by atoms with van der Waals surface area (Å²) in [5, 5.41) is 14.6. The molecule has 1 aromatic rings. The molecule has 2 heterocycles. The first-order chi connectivity index (χ1) is 10.1. The van der Waals surface area contributed by atoms with Crippen LogP contribution in [-0.2, 0) is 0 Å². The van der Waals surface area contributed by atoms with E-state index in [2.05, 4.69) is 15.1 Å². The van der Waals surface area contributed by atoms with Crippen molar-refractivity contribution in [2.75, 3.05) is 44.2 Å². The number of anilines is 1. The molecule has 1 unspecified atom stereocenters. The van der Waals surface area contributed by atoms with Crippen LogP contribution in [0.25, 0.3) is 0 Å². The molecular formula is C15H22N4O2. The summed E-state index contributed by atoms with van der Waals surface area (Å²) in [7, 11) is 0. The van der Waals surface area contributed by atoms with E-state index in [1.54, 1.807) is 6.07 Å². The molecule has 3 rings (SSSR count). The minimum absolute atomic E-state index is 0.219. The Bertz CT molecular complexity index is 520. The molecule has 2 aliphatic heterocycles.